The highest BCUT2D eigenvalue weighted by atomic mass is 16.6. The van der Waals surface area contributed by atoms with E-state index in [0.717, 1.165) is 4.57 Å². The number of aliphatic hydroxyl groups is 2. The van der Waals surface area contributed by atoms with E-state index in [2.05, 4.69) is 15.0 Å². The fraction of sp³-hybridized carbons (Fsp3) is 0.467. The first-order valence-corrected chi connectivity index (χ1v) is 8.31. The van der Waals surface area contributed by atoms with Gasteiger partial charge in [-0.15, -0.1) is 0 Å². The second-order valence-electron chi connectivity index (χ2n) is 6.16. The number of nitrogens with two attached hydrogens (primary N) is 1. The number of ether oxygens (including phenoxy) is 2. The Morgan fingerprint density at radius 3 is 2.89 bits per heavy atom. The molecule has 2 aromatic heterocycles. The van der Waals surface area contributed by atoms with E-state index in [0.29, 0.717) is 5.69 Å². The van der Waals surface area contributed by atoms with Crippen molar-refractivity contribution in [1.82, 2.24) is 19.5 Å². The highest BCUT2D eigenvalue weighted by molar-refractivity contribution is 5.75. The second-order valence-corrected chi connectivity index (χ2v) is 6.16. The molecule has 0 bridgehead atoms. The molecule has 152 valence electrons. The van der Waals surface area contributed by atoms with Gasteiger partial charge in [-0.25, -0.2) is 9.78 Å². The van der Waals surface area contributed by atoms with Crippen LogP contribution in [0.5, 0.6) is 0 Å². The summed E-state index contributed by atoms with van der Waals surface area (Å²) >= 11 is 0. The molecule has 0 amide bonds. The molecule has 1 aliphatic heterocycles. The van der Waals surface area contributed by atoms with Crippen LogP contribution in [0.1, 0.15) is 11.9 Å². The molecule has 5 atom stereocenters. The monoisotopic (exact) mass is 396 g/mol. The van der Waals surface area contributed by atoms with Crippen molar-refractivity contribution in [2.75, 3.05) is 12.1 Å². The maximum Gasteiger partial charge on any atom is 0.351 e. The summed E-state index contributed by atoms with van der Waals surface area (Å²) in [7, 11) is 0. The molecule has 0 saturated carbocycles. The summed E-state index contributed by atoms with van der Waals surface area (Å²) in [5.41, 5.74) is 7.24. The molecule has 13 heteroatoms. The van der Waals surface area contributed by atoms with Gasteiger partial charge in [0.25, 0.3) is 0 Å². The van der Waals surface area contributed by atoms with Crippen LogP contribution in [0.3, 0.4) is 0 Å². The van der Waals surface area contributed by atoms with Crippen molar-refractivity contribution in [2.24, 2.45) is 5.73 Å². The Bertz CT molecular complexity index is 857. The van der Waals surface area contributed by atoms with Gasteiger partial charge in [0.05, 0.1) is 12.0 Å². The SMILES string of the molecule is N[C@@H](Cc1c[nH]cn1)C(=O)OC[C@H]1O[C@@H](n2ccc(NO)nc2=O)[C@H](O)[C@@H]1O. The zero-order valence-corrected chi connectivity index (χ0v) is 14.5. The number of nitrogens with one attached hydrogen (secondary N) is 2. The lowest BCUT2D eigenvalue weighted by atomic mass is 10.1. The van der Waals surface area contributed by atoms with Gasteiger partial charge in [-0.05, 0) is 6.07 Å². The Morgan fingerprint density at radius 2 is 2.25 bits per heavy atom. The number of imidazole rings is 1. The molecule has 1 aliphatic rings. The van der Waals surface area contributed by atoms with Crippen LogP contribution in [-0.2, 0) is 20.7 Å². The van der Waals surface area contributed by atoms with Gasteiger partial charge in [-0.3, -0.25) is 20.0 Å². The van der Waals surface area contributed by atoms with E-state index in [1.54, 1.807) is 11.7 Å². The Morgan fingerprint density at radius 1 is 1.46 bits per heavy atom. The van der Waals surface area contributed by atoms with Crippen LogP contribution in [0.25, 0.3) is 0 Å². The van der Waals surface area contributed by atoms with Gasteiger partial charge < -0.3 is 30.4 Å². The summed E-state index contributed by atoms with van der Waals surface area (Å²) < 4.78 is 11.5. The summed E-state index contributed by atoms with van der Waals surface area (Å²) in [6.45, 7) is -0.375. The largest absolute Gasteiger partial charge is 0.462 e. The summed E-state index contributed by atoms with van der Waals surface area (Å²) in [6.07, 6.45) is -0.764. The topological polar surface area (TPSA) is 198 Å². The molecule has 13 nitrogen and oxygen atoms in total. The molecule has 2 aromatic rings. The lowest BCUT2D eigenvalue weighted by molar-refractivity contribution is -0.151. The second kappa shape index (κ2) is 8.45. The number of aromatic amines is 1. The normalized spacial score (nSPS) is 25.4. The lowest BCUT2D eigenvalue weighted by Gasteiger charge is -2.17. The highest BCUT2D eigenvalue weighted by Crippen LogP contribution is 2.28. The molecule has 7 N–H and O–H groups in total. The number of carbonyl (C=O) groups is 1. The van der Waals surface area contributed by atoms with E-state index in [4.69, 9.17) is 20.4 Å². The van der Waals surface area contributed by atoms with E-state index in [-0.39, 0.29) is 18.8 Å². The molecule has 28 heavy (non-hydrogen) atoms. The summed E-state index contributed by atoms with van der Waals surface area (Å²) in [5.74, 6) is -0.820. The van der Waals surface area contributed by atoms with Crippen molar-refractivity contribution >= 4 is 11.8 Å². The van der Waals surface area contributed by atoms with Gasteiger partial charge in [0.1, 0.15) is 31.0 Å². The van der Waals surface area contributed by atoms with E-state index < -0.39 is 42.2 Å². The average Bonchev–Trinajstić information content (AvgIpc) is 3.29. The number of aromatic nitrogens is 4. The predicted molar refractivity (Wildman–Crippen MR) is 91.1 cm³/mol. The Balaban J connectivity index is 1.59. The van der Waals surface area contributed by atoms with Gasteiger partial charge in [0.15, 0.2) is 12.0 Å². The molecule has 1 saturated heterocycles. The van der Waals surface area contributed by atoms with Crippen LogP contribution < -0.4 is 16.9 Å². The molecule has 0 aliphatic carbocycles. The molecular weight excluding hydrogens is 376 g/mol. The summed E-state index contributed by atoms with van der Waals surface area (Å²) in [5, 5.41) is 29.1. The highest BCUT2D eigenvalue weighted by Gasteiger charge is 2.44. The van der Waals surface area contributed by atoms with Crippen LogP contribution in [0.15, 0.2) is 29.6 Å². The van der Waals surface area contributed by atoms with Crippen LogP contribution in [0.4, 0.5) is 5.82 Å². The lowest BCUT2D eigenvalue weighted by Crippen LogP contribution is -2.39. The molecule has 3 rings (SSSR count). The number of esters is 1. The Kier molecular flexibility index (Phi) is 6.01. The van der Waals surface area contributed by atoms with Crippen LogP contribution in [-0.4, -0.2) is 71.9 Å². The zero-order valence-electron chi connectivity index (χ0n) is 14.5. The summed E-state index contributed by atoms with van der Waals surface area (Å²) in [6, 6.07) is 0.304. The summed E-state index contributed by atoms with van der Waals surface area (Å²) in [4.78, 5) is 34.2. The Hall–Kier alpha value is -2.84. The van der Waals surface area contributed by atoms with Crippen molar-refractivity contribution in [3.8, 4) is 0 Å². The number of nitrogens with zero attached hydrogens (tertiary/aromatic N) is 3. The third-order valence-electron chi connectivity index (χ3n) is 4.23. The van der Waals surface area contributed by atoms with E-state index in [1.165, 1.54) is 18.6 Å². The first kappa shape index (κ1) is 19.9. The van der Waals surface area contributed by atoms with Gasteiger partial charge in [0.2, 0.25) is 0 Å². The molecule has 3 heterocycles. The maximum absolute atomic E-state index is 12.0. The predicted octanol–water partition coefficient (Wildman–Crippen LogP) is -2.50. The fourth-order valence-corrected chi connectivity index (χ4v) is 2.75. The smallest absolute Gasteiger partial charge is 0.351 e. The van der Waals surface area contributed by atoms with Crippen LogP contribution in [0, 0.1) is 0 Å². The number of anilines is 1. The van der Waals surface area contributed by atoms with E-state index >= 15 is 0 Å². The third kappa shape index (κ3) is 4.18. The number of hydrogen-bond acceptors (Lipinski definition) is 11. The number of H-pyrrole nitrogens is 1. The number of aliphatic hydroxyl groups excluding tert-OH is 2. The van der Waals surface area contributed by atoms with Crippen molar-refractivity contribution in [3.63, 3.8) is 0 Å². The van der Waals surface area contributed by atoms with Crippen molar-refractivity contribution < 1.29 is 29.7 Å². The molecule has 0 aromatic carbocycles. The van der Waals surface area contributed by atoms with Gasteiger partial charge in [-0.1, -0.05) is 0 Å². The molecule has 0 radical (unpaired) electrons. The molecular formula is C15H20N6O7. The molecule has 0 unspecified atom stereocenters. The zero-order chi connectivity index (χ0) is 20.3. The first-order chi connectivity index (χ1) is 13.4. The molecule has 1 fully saturated rings. The maximum atomic E-state index is 12.0. The minimum Gasteiger partial charge on any atom is -0.462 e. The van der Waals surface area contributed by atoms with E-state index in [1.807, 2.05) is 0 Å². The van der Waals surface area contributed by atoms with Crippen molar-refractivity contribution in [3.05, 3.63) is 41.0 Å². The van der Waals surface area contributed by atoms with Gasteiger partial charge in [0, 0.05) is 18.8 Å². The average molecular weight is 396 g/mol. The van der Waals surface area contributed by atoms with Crippen LogP contribution >= 0.6 is 0 Å². The number of rotatable bonds is 7. The minimum absolute atomic E-state index is 0.0920. The minimum atomic E-state index is -1.46. The van der Waals surface area contributed by atoms with Crippen LogP contribution in [0.2, 0.25) is 0 Å². The van der Waals surface area contributed by atoms with E-state index in [9.17, 15) is 19.8 Å². The molecule has 0 spiro atoms. The van der Waals surface area contributed by atoms with Gasteiger partial charge in [-0.2, -0.15) is 4.98 Å². The number of hydrogen-bond donors (Lipinski definition) is 6. The first-order valence-electron chi connectivity index (χ1n) is 8.31. The third-order valence-corrected chi connectivity index (χ3v) is 4.23. The number of carbonyl (C=O) groups excluding carboxylic acids is 1. The van der Waals surface area contributed by atoms with Crippen molar-refractivity contribution in [1.29, 1.82) is 0 Å². The fourth-order valence-electron chi connectivity index (χ4n) is 2.75. The van der Waals surface area contributed by atoms with Gasteiger partial charge >= 0.3 is 11.7 Å². The quantitative estimate of drug-likeness (QED) is 0.214. The standard InChI is InChI=1S/C15H20N6O7/c16-8(3-7-4-17-6-18-7)14(24)27-5-9-11(22)12(23)13(28-9)21-2-1-10(20-26)19-15(21)25/h1-2,4,6,8-9,11-13,22-23,26H,3,5,16H2,(H,17,18)(H,19,20,25)/t8-,9+,11+,12+,13+/m0/s1. The Labute approximate surface area is 157 Å². The van der Waals surface area contributed by atoms with Crippen molar-refractivity contribution in [2.45, 2.75) is 37.0 Å².